The zero-order valence-electron chi connectivity index (χ0n) is 12.8. The van der Waals surface area contributed by atoms with Crippen LogP contribution in [0.1, 0.15) is 25.0 Å². The molecule has 0 fully saturated rings. The summed E-state index contributed by atoms with van der Waals surface area (Å²) in [5.41, 5.74) is 0.689. The van der Waals surface area contributed by atoms with Crippen LogP contribution in [0, 0.1) is 5.92 Å². The van der Waals surface area contributed by atoms with Crippen molar-refractivity contribution in [3.05, 3.63) is 17.7 Å². The van der Waals surface area contributed by atoms with Crippen LogP contribution < -0.4 is 14.2 Å². The molecule has 0 aromatic heterocycles. The monoisotopic (exact) mass is 284 g/mol. The van der Waals surface area contributed by atoms with E-state index in [9.17, 15) is 5.11 Å². The first-order chi connectivity index (χ1) is 9.60. The van der Waals surface area contributed by atoms with Crippen LogP contribution in [-0.2, 0) is 4.74 Å². The zero-order chi connectivity index (χ0) is 15.1. The molecule has 2 unspecified atom stereocenters. The van der Waals surface area contributed by atoms with Gasteiger partial charge in [-0.2, -0.15) is 0 Å². The Balaban J connectivity index is 3.10. The summed E-state index contributed by atoms with van der Waals surface area (Å²) in [4.78, 5) is 0. The number of ether oxygens (including phenoxy) is 4. The fourth-order valence-corrected chi connectivity index (χ4v) is 2.13. The van der Waals surface area contributed by atoms with Crippen molar-refractivity contribution < 1.29 is 24.1 Å². The summed E-state index contributed by atoms with van der Waals surface area (Å²) >= 11 is 0. The van der Waals surface area contributed by atoms with E-state index in [1.54, 1.807) is 40.6 Å². The Morgan fingerprint density at radius 1 is 1.00 bits per heavy atom. The lowest BCUT2D eigenvalue weighted by molar-refractivity contribution is 0.0861. The molecule has 0 amide bonds. The number of aliphatic hydroxyl groups excluding tert-OH is 1. The van der Waals surface area contributed by atoms with E-state index < -0.39 is 6.10 Å². The number of aliphatic hydroxyl groups is 1. The van der Waals surface area contributed by atoms with Crippen LogP contribution in [0.15, 0.2) is 12.1 Å². The maximum Gasteiger partial charge on any atom is 0.203 e. The van der Waals surface area contributed by atoms with Crippen LogP contribution in [0.25, 0.3) is 0 Å². The van der Waals surface area contributed by atoms with E-state index in [4.69, 9.17) is 18.9 Å². The average Bonchev–Trinajstić information content (AvgIpc) is 2.49. The smallest absolute Gasteiger partial charge is 0.203 e. The van der Waals surface area contributed by atoms with E-state index in [1.807, 2.05) is 6.92 Å². The van der Waals surface area contributed by atoms with Crippen molar-refractivity contribution in [2.45, 2.75) is 19.4 Å². The molecule has 0 saturated heterocycles. The summed E-state index contributed by atoms with van der Waals surface area (Å²) in [7, 11) is 6.31. The molecule has 0 saturated carbocycles. The summed E-state index contributed by atoms with van der Waals surface area (Å²) in [5, 5.41) is 10.5. The molecule has 114 valence electrons. The number of rotatable bonds is 8. The Morgan fingerprint density at radius 3 is 2.15 bits per heavy atom. The topological polar surface area (TPSA) is 57.2 Å². The van der Waals surface area contributed by atoms with Crippen molar-refractivity contribution in [3.63, 3.8) is 0 Å². The highest BCUT2D eigenvalue weighted by atomic mass is 16.5. The molecule has 0 aliphatic rings. The van der Waals surface area contributed by atoms with Crippen molar-refractivity contribution in [1.29, 1.82) is 0 Å². The van der Waals surface area contributed by atoms with Crippen molar-refractivity contribution in [3.8, 4) is 17.2 Å². The molecule has 5 nitrogen and oxygen atoms in total. The van der Waals surface area contributed by atoms with Gasteiger partial charge in [0.2, 0.25) is 5.75 Å². The number of hydrogen-bond acceptors (Lipinski definition) is 5. The zero-order valence-corrected chi connectivity index (χ0v) is 12.8. The van der Waals surface area contributed by atoms with Crippen LogP contribution in [-0.4, -0.2) is 40.2 Å². The molecule has 1 rings (SSSR count). The molecular formula is C15H24O5. The van der Waals surface area contributed by atoms with Gasteiger partial charge in [0.25, 0.3) is 0 Å². The van der Waals surface area contributed by atoms with Crippen LogP contribution in [0.5, 0.6) is 17.2 Å². The fourth-order valence-electron chi connectivity index (χ4n) is 2.13. The van der Waals surface area contributed by atoms with Gasteiger partial charge in [-0.05, 0) is 24.5 Å². The lowest BCUT2D eigenvalue weighted by Crippen LogP contribution is -2.13. The summed E-state index contributed by atoms with van der Waals surface area (Å²) in [6.07, 6.45) is 0.106. The minimum atomic E-state index is -0.653. The van der Waals surface area contributed by atoms with Crippen molar-refractivity contribution in [1.82, 2.24) is 0 Å². The normalized spacial score (nSPS) is 13.7. The Labute approximate surface area is 120 Å². The fraction of sp³-hybridized carbons (Fsp3) is 0.600. The molecule has 0 spiro atoms. The quantitative estimate of drug-likeness (QED) is 0.794. The Morgan fingerprint density at radius 2 is 1.65 bits per heavy atom. The summed E-state index contributed by atoms with van der Waals surface area (Å²) in [5.74, 6) is 1.61. The number of hydrogen-bond donors (Lipinski definition) is 1. The van der Waals surface area contributed by atoms with Crippen molar-refractivity contribution in [2.24, 2.45) is 5.92 Å². The average molecular weight is 284 g/mol. The maximum atomic E-state index is 10.5. The highest BCUT2D eigenvalue weighted by Gasteiger charge is 2.24. The van der Waals surface area contributed by atoms with Gasteiger partial charge in [-0.3, -0.25) is 0 Å². The van der Waals surface area contributed by atoms with Gasteiger partial charge >= 0.3 is 0 Å². The van der Waals surface area contributed by atoms with E-state index in [2.05, 4.69) is 0 Å². The highest BCUT2D eigenvalue weighted by Crippen LogP contribution is 2.43. The molecule has 1 aromatic carbocycles. The molecule has 0 aliphatic carbocycles. The SMILES string of the molecule is COCCC(C)C(O)c1ccc(OC)c(OC)c1OC. The largest absolute Gasteiger partial charge is 0.493 e. The van der Waals surface area contributed by atoms with E-state index in [-0.39, 0.29) is 5.92 Å². The Kier molecular flexibility index (Phi) is 6.61. The summed E-state index contributed by atoms with van der Waals surface area (Å²) < 4.78 is 21.0. The number of benzene rings is 1. The van der Waals surface area contributed by atoms with Crippen molar-refractivity contribution >= 4 is 0 Å². The van der Waals surface area contributed by atoms with E-state index in [0.29, 0.717) is 29.4 Å². The molecular weight excluding hydrogens is 260 g/mol. The standard InChI is InChI=1S/C15H24O5/c1-10(8-9-17-2)13(16)11-6-7-12(18-3)15(20-5)14(11)19-4/h6-7,10,13,16H,8-9H2,1-5H3. The molecule has 1 N–H and O–H groups in total. The third-order valence-electron chi connectivity index (χ3n) is 3.37. The first kappa shape index (κ1) is 16.6. The molecule has 0 bridgehead atoms. The second-order valence-corrected chi connectivity index (χ2v) is 4.63. The third kappa shape index (κ3) is 3.55. The van der Waals surface area contributed by atoms with Gasteiger partial charge in [-0.15, -0.1) is 0 Å². The van der Waals surface area contributed by atoms with E-state index in [0.717, 1.165) is 6.42 Å². The molecule has 5 heteroatoms. The summed E-state index contributed by atoms with van der Waals surface area (Å²) in [6.45, 7) is 2.58. The molecule has 1 aromatic rings. The minimum absolute atomic E-state index is 0.0435. The van der Waals surface area contributed by atoms with Crippen LogP contribution >= 0.6 is 0 Å². The predicted octanol–water partition coefficient (Wildman–Crippen LogP) is 2.42. The van der Waals surface area contributed by atoms with Gasteiger partial charge in [0, 0.05) is 19.3 Å². The lowest BCUT2D eigenvalue weighted by Gasteiger charge is -2.23. The Bertz CT molecular complexity index is 419. The summed E-state index contributed by atoms with van der Waals surface area (Å²) in [6, 6.07) is 3.57. The maximum absolute atomic E-state index is 10.5. The first-order valence-corrected chi connectivity index (χ1v) is 6.56. The van der Waals surface area contributed by atoms with Gasteiger partial charge in [0.1, 0.15) is 0 Å². The van der Waals surface area contributed by atoms with Gasteiger partial charge in [-0.25, -0.2) is 0 Å². The van der Waals surface area contributed by atoms with E-state index in [1.165, 1.54) is 0 Å². The lowest BCUT2D eigenvalue weighted by atomic mass is 9.94. The molecule has 0 heterocycles. The highest BCUT2D eigenvalue weighted by molar-refractivity contribution is 5.56. The van der Waals surface area contributed by atoms with Gasteiger partial charge < -0.3 is 24.1 Å². The molecule has 0 aliphatic heterocycles. The van der Waals surface area contributed by atoms with Gasteiger partial charge in [0.15, 0.2) is 11.5 Å². The van der Waals surface area contributed by atoms with Crippen LogP contribution in [0.2, 0.25) is 0 Å². The Hall–Kier alpha value is -1.46. The third-order valence-corrected chi connectivity index (χ3v) is 3.37. The minimum Gasteiger partial charge on any atom is -0.493 e. The molecule has 2 atom stereocenters. The van der Waals surface area contributed by atoms with E-state index >= 15 is 0 Å². The number of methoxy groups -OCH3 is 4. The van der Waals surface area contributed by atoms with Crippen LogP contribution in [0.3, 0.4) is 0 Å². The molecule has 0 radical (unpaired) electrons. The van der Waals surface area contributed by atoms with Gasteiger partial charge in [0.05, 0.1) is 27.4 Å². The second-order valence-electron chi connectivity index (χ2n) is 4.63. The van der Waals surface area contributed by atoms with Crippen molar-refractivity contribution in [2.75, 3.05) is 35.0 Å². The molecule has 20 heavy (non-hydrogen) atoms. The first-order valence-electron chi connectivity index (χ1n) is 6.56. The second kappa shape index (κ2) is 7.97. The predicted molar refractivity (Wildman–Crippen MR) is 76.7 cm³/mol. The van der Waals surface area contributed by atoms with Gasteiger partial charge in [-0.1, -0.05) is 6.92 Å². The van der Waals surface area contributed by atoms with Crippen LogP contribution in [0.4, 0.5) is 0 Å².